The number of alkyl halides is 3. The zero-order valence-corrected chi connectivity index (χ0v) is 15.8. The second-order valence-electron chi connectivity index (χ2n) is 6.52. The van der Waals surface area contributed by atoms with Crippen LogP contribution in [0, 0.1) is 11.3 Å². The molecule has 0 radical (unpaired) electrons. The van der Waals surface area contributed by atoms with Crippen molar-refractivity contribution in [1.29, 1.82) is 5.26 Å². The van der Waals surface area contributed by atoms with Crippen molar-refractivity contribution in [3.05, 3.63) is 59.7 Å². The van der Waals surface area contributed by atoms with Crippen molar-refractivity contribution < 1.29 is 27.7 Å². The fourth-order valence-corrected chi connectivity index (χ4v) is 2.58. The lowest BCUT2D eigenvalue weighted by Gasteiger charge is -2.21. The van der Waals surface area contributed by atoms with Crippen LogP contribution in [0.1, 0.15) is 18.1 Å². The van der Waals surface area contributed by atoms with Crippen molar-refractivity contribution >= 4 is 23.2 Å². The van der Waals surface area contributed by atoms with E-state index in [9.17, 15) is 22.8 Å². The topological polar surface area (TPSA) is 86.4 Å². The van der Waals surface area contributed by atoms with E-state index in [2.05, 4.69) is 10.6 Å². The number of carbonyl (C=O) groups is 2. The van der Waals surface area contributed by atoms with Crippen LogP contribution in [0.25, 0.3) is 0 Å². The number of nitrogens with one attached hydrogen (secondary N) is 3. The first kappa shape index (κ1) is 21.9. The summed E-state index contributed by atoms with van der Waals surface area (Å²) >= 11 is 0. The number of benzene rings is 2. The normalized spacial score (nSPS) is 13.1. The Morgan fingerprint density at radius 3 is 2.48 bits per heavy atom. The molecule has 0 heterocycles. The van der Waals surface area contributed by atoms with Crippen LogP contribution in [-0.4, -0.2) is 31.4 Å². The number of para-hydroxylation sites is 1. The highest BCUT2D eigenvalue weighted by atomic mass is 19.4. The van der Waals surface area contributed by atoms with Crippen LogP contribution in [0.3, 0.4) is 0 Å². The van der Waals surface area contributed by atoms with Gasteiger partial charge in [0.1, 0.15) is 0 Å². The van der Waals surface area contributed by atoms with Gasteiger partial charge in [-0.3, -0.25) is 9.59 Å². The summed E-state index contributed by atoms with van der Waals surface area (Å²) in [6.45, 7) is 1.38. The molecule has 0 bridgehead atoms. The van der Waals surface area contributed by atoms with Crippen molar-refractivity contribution in [1.82, 2.24) is 0 Å². The van der Waals surface area contributed by atoms with Crippen molar-refractivity contribution in [2.24, 2.45) is 0 Å². The van der Waals surface area contributed by atoms with Gasteiger partial charge in [-0.15, -0.1) is 0 Å². The third-order valence-electron chi connectivity index (χ3n) is 4.34. The van der Waals surface area contributed by atoms with Gasteiger partial charge >= 0.3 is 6.18 Å². The predicted molar refractivity (Wildman–Crippen MR) is 101 cm³/mol. The Morgan fingerprint density at radius 1 is 1.14 bits per heavy atom. The summed E-state index contributed by atoms with van der Waals surface area (Å²) in [5.41, 5.74) is -0.437. The van der Waals surface area contributed by atoms with Gasteiger partial charge in [-0.2, -0.15) is 18.4 Å². The van der Waals surface area contributed by atoms with E-state index in [0.29, 0.717) is 16.2 Å². The molecule has 152 valence electrons. The molecule has 9 heteroatoms. The minimum Gasteiger partial charge on any atom is -0.321 e. The van der Waals surface area contributed by atoms with E-state index in [0.717, 1.165) is 6.07 Å². The number of likely N-dealkylation sites (N-methyl/N-ethyl adjacent to an activating group) is 1. The summed E-state index contributed by atoms with van der Waals surface area (Å²) in [7, 11) is 1.59. The molecule has 2 aromatic rings. The number of hydrogen-bond acceptors (Lipinski definition) is 3. The zero-order chi connectivity index (χ0) is 21.6. The molecular weight excluding hydrogens is 385 g/mol. The van der Waals surface area contributed by atoms with Crippen molar-refractivity contribution in [2.75, 3.05) is 24.2 Å². The molecule has 0 fully saturated rings. The minimum absolute atomic E-state index is 0.209. The number of rotatable bonds is 6. The lowest BCUT2D eigenvalue weighted by molar-refractivity contribution is -0.885. The highest BCUT2D eigenvalue weighted by molar-refractivity contribution is 5.95. The zero-order valence-electron chi connectivity index (χ0n) is 15.8. The maximum absolute atomic E-state index is 13.0. The van der Waals surface area contributed by atoms with Crippen molar-refractivity contribution in [2.45, 2.75) is 19.1 Å². The van der Waals surface area contributed by atoms with Gasteiger partial charge in [0.05, 0.1) is 29.9 Å². The number of hydrogen-bond donors (Lipinski definition) is 3. The van der Waals surface area contributed by atoms with Crippen LogP contribution < -0.4 is 15.5 Å². The van der Waals surface area contributed by atoms with E-state index in [-0.39, 0.29) is 18.1 Å². The standard InChI is InChI=1S/C20H19F3N4O2/c1-13(19(29)25-15-7-5-6-14(10-15)11-24)27(2)12-18(28)26-17-9-4-3-8-16(17)20(21,22)23/h3-10,13H,12H2,1-2H3,(H,25,29)(H,26,28)/p+1/t13-/m0/s1. The molecule has 0 aromatic heterocycles. The molecule has 0 aliphatic carbocycles. The number of halogens is 3. The molecule has 0 saturated carbocycles. The summed E-state index contributed by atoms with van der Waals surface area (Å²) < 4.78 is 39.1. The predicted octanol–water partition coefficient (Wildman–Crippen LogP) is 2.06. The van der Waals surface area contributed by atoms with Crippen LogP contribution in [0.2, 0.25) is 0 Å². The van der Waals surface area contributed by atoms with Gasteiger partial charge in [-0.05, 0) is 37.3 Å². The first-order valence-electron chi connectivity index (χ1n) is 8.71. The third kappa shape index (κ3) is 6.05. The van der Waals surface area contributed by atoms with Gasteiger partial charge in [0.15, 0.2) is 12.6 Å². The largest absolute Gasteiger partial charge is 0.418 e. The Kier molecular flexibility index (Phi) is 6.96. The molecule has 3 N–H and O–H groups in total. The first-order valence-corrected chi connectivity index (χ1v) is 8.71. The maximum Gasteiger partial charge on any atom is 0.418 e. The molecule has 0 saturated heterocycles. The van der Waals surface area contributed by atoms with Gasteiger partial charge < -0.3 is 15.5 Å². The molecule has 0 aliphatic rings. The second kappa shape index (κ2) is 9.21. The van der Waals surface area contributed by atoms with Gasteiger partial charge in [-0.1, -0.05) is 18.2 Å². The number of nitrogens with zero attached hydrogens (tertiary/aromatic N) is 1. The molecular formula is C20H20F3N4O2+. The Hall–Kier alpha value is -3.38. The number of amides is 2. The van der Waals surface area contributed by atoms with Crippen LogP contribution in [0.5, 0.6) is 0 Å². The van der Waals surface area contributed by atoms with Gasteiger partial charge in [-0.25, -0.2) is 0 Å². The first-order chi connectivity index (χ1) is 13.6. The molecule has 29 heavy (non-hydrogen) atoms. The van der Waals surface area contributed by atoms with Gasteiger partial charge in [0.2, 0.25) is 0 Å². The summed E-state index contributed by atoms with van der Waals surface area (Å²) in [6, 6.07) is 12.4. The third-order valence-corrected chi connectivity index (χ3v) is 4.34. The van der Waals surface area contributed by atoms with Crippen LogP contribution in [-0.2, 0) is 15.8 Å². The number of quaternary nitrogens is 1. The van der Waals surface area contributed by atoms with E-state index in [1.54, 1.807) is 32.2 Å². The van der Waals surface area contributed by atoms with Crippen LogP contribution >= 0.6 is 0 Å². The quantitative estimate of drug-likeness (QED) is 0.688. The van der Waals surface area contributed by atoms with E-state index in [1.807, 2.05) is 6.07 Å². The van der Waals surface area contributed by atoms with Gasteiger partial charge in [0, 0.05) is 5.69 Å². The molecule has 2 aromatic carbocycles. The lowest BCUT2D eigenvalue weighted by atomic mass is 10.1. The van der Waals surface area contributed by atoms with E-state index < -0.39 is 23.7 Å². The summed E-state index contributed by atoms with van der Waals surface area (Å²) in [5.74, 6) is -1.04. The Morgan fingerprint density at radius 2 is 1.83 bits per heavy atom. The second-order valence-corrected chi connectivity index (χ2v) is 6.52. The number of nitriles is 1. The Balaban J connectivity index is 1.98. The van der Waals surface area contributed by atoms with E-state index >= 15 is 0 Å². The molecule has 1 unspecified atom stereocenters. The molecule has 6 nitrogen and oxygen atoms in total. The number of carbonyl (C=O) groups excluding carboxylic acids is 2. The molecule has 0 spiro atoms. The monoisotopic (exact) mass is 405 g/mol. The summed E-state index contributed by atoms with van der Waals surface area (Å²) in [6.07, 6.45) is -4.59. The number of anilines is 2. The van der Waals surface area contributed by atoms with Crippen LogP contribution in [0.4, 0.5) is 24.5 Å². The summed E-state index contributed by atoms with van der Waals surface area (Å²) in [4.78, 5) is 25.1. The van der Waals surface area contributed by atoms with Crippen molar-refractivity contribution in [3.8, 4) is 6.07 Å². The lowest BCUT2D eigenvalue weighted by Crippen LogP contribution is -3.14. The highest BCUT2D eigenvalue weighted by Gasteiger charge is 2.34. The smallest absolute Gasteiger partial charge is 0.321 e. The van der Waals surface area contributed by atoms with Crippen LogP contribution in [0.15, 0.2) is 48.5 Å². The average Bonchev–Trinajstić information content (AvgIpc) is 2.66. The highest BCUT2D eigenvalue weighted by Crippen LogP contribution is 2.34. The van der Waals surface area contributed by atoms with Crippen molar-refractivity contribution in [3.63, 3.8) is 0 Å². The van der Waals surface area contributed by atoms with E-state index in [1.165, 1.54) is 24.3 Å². The Bertz CT molecular complexity index is 938. The summed E-state index contributed by atoms with van der Waals surface area (Å²) in [5, 5.41) is 13.8. The molecule has 2 atom stereocenters. The fraction of sp³-hybridized carbons (Fsp3) is 0.250. The average molecular weight is 405 g/mol. The molecule has 0 aliphatic heterocycles. The minimum atomic E-state index is -4.59. The fourth-order valence-electron chi connectivity index (χ4n) is 2.58. The maximum atomic E-state index is 13.0. The molecule has 2 rings (SSSR count). The SMILES string of the molecule is C[C@@H](C(=O)Nc1cccc(C#N)c1)[NH+](C)CC(=O)Nc1ccccc1C(F)(F)F. The van der Waals surface area contributed by atoms with E-state index in [4.69, 9.17) is 5.26 Å². The Labute approximate surface area is 165 Å². The molecule has 2 amide bonds. The van der Waals surface area contributed by atoms with Gasteiger partial charge in [0.25, 0.3) is 11.8 Å².